The van der Waals surface area contributed by atoms with Gasteiger partial charge in [-0.1, -0.05) is 0 Å². The molecule has 0 aliphatic heterocycles. The van der Waals surface area contributed by atoms with E-state index in [0.717, 1.165) is 12.8 Å². The van der Waals surface area contributed by atoms with E-state index in [9.17, 15) is 4.79 Å². The standard InChI is InChI=1S/C8H11N3O/c1-11-5-6(4-10-11)7(12)8(9)2-3-8/h4-5H,2-3,9H2,1H3. The van der Waals surface area contributed by atoms with E-state index in [1.54, 1.807) is 24.1 Å². The third kappa shape index (κ3) is 1.04. The van der Waals surface area contributed by atoms with Gasteiger partial charge >= 0.3 is 0 Å². The Labute approximate surface area is 70.4 Å². The molecule has 64 valence electrons. The van der Waals surface area contributed by atoms with Gasteiger partial charge in [0.25, 0.3) is 0 Å². The summed E-state index contributed by atoms with van der Waals surface area (Å²) in [5.74, 6) is 0.0237. The van der Waals surface area contributed by atoms with Gasteiger partial charge in [-0.15, -0.1) is 0 Å². The highest BCUT2D eigenvalue weighted by Crippen LogP contribution is 2.35. The molecule has 2 N–H and O–H groups in total. The Morgan fingerprint density at radius 2 is 2.42 bits per heavy atom. The largest absolute Gasteiger partial charge is 0.319 e. The van der Waals surface area contributed by atoms with Crippen LogP contribution in [0.1, 0.15) is 23.2 Å². The lowest BCUT2D eigenvalue weighted by Gasteiger charge is -2.03. The Morgan fingerprint density at radius 1 is 1.75 bits per heavy atom. The van der Waals surface area contributed by atoms with E-state index in [4.69, 9.17) is 5.73 Å². The molecule has 1 saturated carbocycles. The number of aryl methyl sites for hydroxylation is 1. The van der Waals surface area contributed by atoms with Gasteiger partial charge in [0.15, 0.2) is 5.78 Å². The first-order chi connectivity index (χ1) is 5.62. The molecule has 0 aromatic carbocycles. The number of nitrogens with two attached hydrogens (primary N) is 1. The second-order valence-corrected chi connectivity index (χ2v) is 3.39. The Morgan fingerprint density at radius 3 is 2.83 bits per heavy atom. The van der Waals surface area contributed by atoms with Crippen LogP contribution in [-0.2, 0) is 7.05 Å². The number of carbonyl (C=O) groups excluding carboxylic acids is 1. The van der Waals surface area contributed by atoms with Crippen molar-refractivity contribution in [3.8, 4) is 0 Å². The van der Waals surface area contributed by atoms with Gasteiger partial charge in [-0.25, -0.2) is 0 Å². The number of Topliss-reactive ketones (excluding diaryl/α,β-unsaturated/α-hetero) is 1. The van der Waals surface area contributed by atoms with E-state index in [-0.39, 0.29) is 5.78 Å². The van der Waals surface area contributed by atoms with Crippen LogP contribution in [-0.4, -0.2) is 21.1 Å². The molecule has 0 atom stereocenters. The molecule has 1 aromatic rings. The molecule has 4 nitrogen and oxygen atoms in total. The molecule has 12 heavy (non-hydrogen) atoms. The first kappa shape index (κ1) is 7.49. The van der Waals surface area contributed by atoms with Gasteiger partial charge in [0.05, 0.1) is 17.3 Å². The lowest BCUT2D eigenvalue weighted by Crippen LogP contribution is -2.32. The van der Waals surface area contributed by atoms with Gasteiger partial charge in [-0.2, -0.15) is 5.10 Å². The lowest BCUT2D eigenvalue weighted by atomic mass is 10.1. The molecule has 0 spiro atoms. The van der Waals surface area contributed by atoms with Crippen LogP contribution in [0.25, 0.3) is 0 Å². The summed E-state index contributed by atoms with van der Waals surface area (Å²) >= 11 is 0. The van der Waals surface area contributed by atoms with Crippen molar-refractivity contribution in [1.82, 2.24) is 9.78 Å². The van der Waals surface area contributed by atoms with Gasteiger partial charge in [-0.3, -0.25) is 9.48 Å². The number of aromatic nitrogens is 2. The third-order valence-electron chi connectivity index (χ3n) is 2.21. The number of hydrogen-bond donors (Lipinski definition) is 1. The van der Waals surface area contributed by atoms with Crippen LogP contribution < -0.4 is 5.73 Å². The van der Waals surface area contributed by atoms with Crippen LogP contribution in [0.3, 0.4) is 0 Å². The van der Waals surface area contributed by atoms with Crippen molar-refractivity contribution in [2.45, 2.75) is 18.4 Å². The number of nitrogens with zero attached hydrogens (tertiary/aromatic N) is 2. The predicted octanol–water partition coefficient (Wildman–Crippen LogP) is 0.0941. The fraction of sp³-hybridized carbons (Fsp3) is 0.500. The Kier molecular flexibility index (Phi) is 1.35. The first-order valence-corrected chi connectivity index (χ1v) is 3.94. The number of rotatable bonds is 2. The number of carbonyl (C=O) groups is 1. The highest BCUT2D eigenvalue weighted by atomic mass is 16.1. The molecule has 4 heteroatoms. The van der Waals surface area contributed by atoms with E-state index in [1.165, 1.54) is 0 Å². The molecule has 0 unspecified atom stereocenters. The molecule has 0 radical (unpaired) electrons. The minimum Gasteiger partial charge on any atom is -0.319 e. The van der Waals surface area contributed by atoms with Crippen molar-refractivity contribution in [2.75, 3.05) is 0 Å². The van der Waals surface area contributed by atoms with E-state index < -0.39 is 5.54 Å². The first-order valence-electron chi connectivity index (χ1n) is 3.94. The third-order valence-corrected chi connectivity index (χ3v) is 2.21. The summed E-state index contributed by atoms with van der Waals surface area (Å²) in [7, 11) is 1.78. The summed E-state index contributed by atoms with van der Waals surface area (Å²) in [6.07, 6.45) is 4.88. The van der Waals surface area contributed by atoms with Gasteiger partial charge in [0.1, 0.15) is 0 Å². The Hall–Kier alpha value is -1.16. The SMILES string of the molecule is Cn1cc(C(=O)C2(N)CC2)cn1. The van der Waals surface area contributed by atoms with Crippen LogP contribution in [0.5, 0.6) is 0 Å². The zero-order valence-electron chi connectivity index (χ0n) is 6.95. The van der Waals surface area contributed by atoms with Gasteiger partial charge in [0, 0.05) is 13.2 Å². The quantitative estimate of drug-likeness (QED) is 0.632. The van der Waals surface area contributed by atoms with Crippen LogP contribution in [0.15, 0.2) is 12.4 Å². The van der Waals surface area contributed by atoms with Crippen LogP contribution in [0, 0.1) is 0 Å². The molecule has 1 fully saturated rings. The monoisotopic (exact) mass is 165 g/mol. The molecule has 0 amide bonds. The highest BCUT2D eigenvalue weighted by Gasteiger charge is 2.46. The van der Waals surface area contributed by atoms with Gasteiger partial charge in [-0.05, 0) is 12.8 Å². The van der Waals surface area contributed by atoms with Crippen LogP contribution in [0.2, 0.25) is 0 Å². The second-order valence-electron chi connectivity index (χ2n) is 3.39. The molecule has 1 aliphatic rings. The van der Waals surface area contributed by atoms with Crippen molar-refractivity contribution < 1.29 is 4.79 Å². The molecule has 1 aromatic heterocycles. The fourth-order valence-corrected chi connectivity index (χ4v) is 1.19. The van der Waals surface area contributed by atoms with Crippen LogP contribution >= 0.6 is 0 Å². The van der Waals surface area contributed by atoms with Crippen molar-refractivity contribution >= 4 is 5.78 Å². The molecule has 0 bridgehead atoms. The van der Waals surface area contributed by atoms with E-state index in [1.807, 2.05) is 0 Å². The average Bonchev–Trinajstić information content (AvgIpc) is 2.62. The van der Waals surface area contributed by atoms with Crippen molar-refractivity contribution in [2.24, 2.45) is 12.8 Å². The molecule has 0 saturated heterocycles. The Balaban J connectivity index is 2.25. The fourth-order valence-electron chi connectivity index (χ4n) is 1.19. The maximum absolute atomic E-state index is 11.6. The maximum atomic E-state index is 11.6. The lowest BCUT2D eigenvalue weighted by molar-refractivity contribution is 0.0949. The maximum Gasteiger partial charge on any atom is 0.185 e. The van der Waals surface area contributed by atoms with E-state index >= 15 is 0 Å². The van der Waals surface area contributed by atoms with E-state index in [2.05, 4.69) is 5.10 Å². The number of hydrogen-bond acceptors (Lipinski definition) is 3. The normalized spacial score (nSPS) is 19.2. The summed E-state index contributed by atoms with van der Waals surface area (Å²) in [6, 6.07) is 0. The van der Waals surface area contributed by atoms with Crippen molar-refractivity contribution in [1.29, 1.82) is 0 Å². The second kappa shape index (κ2) is 2.17. The molecular formula is C8H11N3O. The smallest absolute Gasteiger partial charge is 0.185 e. The predicted molar refractivity (Wildman–Crippen MR) is 43.7 cm³/mol. The molecule has 1 heterocycles. The zero-order chi connectivity index (χ0) is 8.77. The minimum atomic E-state index is -0.566. The Bertz CT molecular complexity index is 325. The van der Waals surface area contributed by atoms with Crippen LogP contribution in [0.4, 0.5) is 0 Å². The summed E-state index contributed by atoms with van der Waals surface area (Å²) in [5, 5.41) is 3.92. The minimum absolute atomic E-state index is 0.0237. The summed E-state index contributed by atoms with van der Waals surface area (Å²) in [4.78, 5) is 11.6. The summed E-state index contributed by atoms with van der Waals surface area (Å²) in [6.45, 7) is 0. The molecular weight excluding hydrogens is 154 g/mol. The van der Waals surface area contributed by atoms with Gasteiger partial charge in [0.2, 0.25) is 0 Å². The molecule has 1 aliphatic carbocycles. The summed E-state index contributed by atoms with van der Waals surface area (Å²) < 4.78 is 1.61. The van der Waals surface area contributed by atoms with Gasteiger partial charge < -0.3 is 5.73 Å². The van der Waals surface area contributed by atoms with Crippen molar-refractivity contribution in [3.05, 3.63) is 18.0 Å². The molecule has 2 rings (SSSR count). The number of ketones is 1. The topological polar surface area (TPSA) is 60.9 Å². The highest BCUT2D eigenvalue weighted by molar-refractivity contribution is 6.04. The van der Waals surface area contributed by atoms with E-state index in [0.29, 0.717) is 5.56 Å². The van der Waals surface area contributed by atoms with Crippen molar-refractivity contribution in [3.63, 3.8) is 0 Å². The zero-order valence-corrected chi connectivity index (χ0v) is 6.95. The summed E-state index contributed by atoms with van der Waals surface area (Å²) in [5.41, 5.74) is 5.80. The average molecular weight is 165 g/mol.